The molecule has 26 heavy (non-hydrogen) atoms. The highest BCUT2D eigenvalue weighted by Gasteiger charge is 2.75. The first-order valence-corrected chi connectivity index (χ1v) is 12.5. The minimum absolute atomic E-state index is 0.0439. The maximum absolute atomic E-state index is 12.6. The van der Waals surface area contributed by atoms with Crippen molar-refractivity contribution in [2.75, 3.05) is 20.3 Å². The van der Waals surface area contributed by atoms with E-state index in [0.717, 1.165) is 6.29 Å². The highest BCUT2D eigenvalue weighted by Crippen LogP contribution is 2.62. The van der Waals surface area contributed by atoms with Crippen LogP contribution in [-0.4, -0.2) is 58.7 Å². The Balaban J connectivity index is 2.02. The molecule has 150 valence electrons. The van der Waals surface area contributed by atoms with Crippen molar-refractivity contribution in [2.45, 2.75) is 88.9 Å². The zero-order valence-electron chi connectivity index (χ0n) is 17.2. The summed E-state index contributed by atoms with van der Waals surface area (Å²) in [6.45, 7) is 14.1. The van der Waals surface area contributed by atoms with Crippen molar-refractivity contribution in [2.24, 2.45) is 5.41 Å². The Morgan fingerprint density at radius 3 is 2.31 bits per heavy atom. The van der Waals surface area contributed by atoms with E-state index in [1.165, 1.54) is 0 Å². The van der Waals surface area contributed by atoms with E-state index in [9.17, 15) is 4.79 Å². The van der Waals surface area contributed by atoms with Gasteiger partial charge in [-0.2, -0.15) is 0 Å². The first-order chi connectivity index (χ1) is 12.0. The molecule has 0 aromatic rings. The number of rotatable bonds is 4. The summed E-state index contributed by atoms with van der Waals surface area (Å²) in [5.74, 6) is -0.811. The van der Waals surface area contributed by atoms with Gasteiger partial charge in [-0.1, -0.05) is 27.7 Å². The molecule has 3 aliphatic rings. The zero-order valence-corrected chi connectivity index (χ0v) is 18.2. The lowest BCUT2D eigenvalue weighted by Crippen LogP contribution is -2.70. The number of ether oxygens (including phenoxy) is 4. The number of hydrogen-bond donors (Lipinski definition) is 0. The molecule has 3 rings (SSSR count). The number of hydrogen-bond acceptors (Lipinski definition) is 6. The summed E-state index contributed by atoms with van der Waals surface area (Å²) in [6, 6.07) is 0. The minimum Gasteiger partial charge on any atom is -0.410 e. The Labute approximate surface area is 158 Å². The zero-order chi connectivity index (χ0) is 19.4. The standard InChI is InChI=1S/C19H34O6Si/c1-16(2,3)26(6,7)25-14-8-9-19(22-10-11-23-19)17(4)12-15(21-5)24-18(14,17)13-20/h13-15H,8-12H2,1-7H3/t14-,15-,17+,18+/m1/s1. The monoisotopic (exact) mass is 386 g/mol. The van der Waals surface area contributed by atoms with Crippen LogP contribution in [-0.2, 0) is 28.2 Å². The van der Waals surface area contributed by atoms with Crippen LogP contribution in [0.3, 0.4) is 0 Å². The average molecular weight is 387 g/mol. The van der Waals surface area contributed by atoms with Gasteiger partial charge in [-0.3, -0.25) is 4.79 Å². The van der Waals surface area contributed by atoms with Crippen LogP contribution in [0, 0.1) is 5.41 Å². The third-order valence-electron chi connectivity index (χ3n) is 7.25. The van der Waals surface area contributed by atoms with Crippen molar-refractivity contribution in [1.29, 1.82) is 0 Å². The first-order valence-electron chi connectivity index (χ1n) is 9.60. The second kappa shape index (κ2) is 6.35. The molecule has 4 atom stereocenters. The van der Waals surface area contributed by atoms with Crippen molar-refractivity contribution in [3.8, 4) is 0 Å². The van der Waals surface area contributed by atoms with E-state index in [-0.39, 0.29) is 11.1 Å². The molecule has 2 heterocycles. The fourth-order valence-corrected chi connectivity index (χ4v) is 5.90. The molecular formula is C19H34O6Si. The predicted octanol–water partition coefficient (Wildman–Crippen LogP) is 3.25. The normalized spacial score (nSPS) is 40.0. The van der Waals surface area contributed by atoms with E-state index in [2.05, 4.69) is 33.9 Å². The Morgan fingerprint density at radius 2 is 1.81 bits per heavy atom. The highest BCUT2D eigenvalue weighted by molar-refractivity contribution is 6.74. The molecule has 2 aliphatic heterocycles. The number of aldehydes is 1. The fraction of sp³-hybridized carbons (Fsp3) is 0.947. The van der Waals surface area contributed by atoms with Crippen LogP contribution in [0.1, 0.15) is 47.0 Å². The molecule has 0 amide bonds. The molecule has 1 aliphatic carbocycles. The molecule has 0 N–H and O–H groups in total. The predicted molar refractivity (Wildman–Crippen MR) is 99.3 cm³/mol. The molecular weight excluding hydrogens is 352 g/mol. The second-order valence-electron chi connectivity index (χ2n) is 9.59. The third-order valence-corrected chi connectivity index (χ3v) is 11.7. The molecule has 1 saturated carbocycles. The quantitative estimate of drug-likeness (QED) is 0.546. The first kappa shape index (κ1) is 20.4. The molecule has 0 unspecified atom stereocenters. The van der Waals surface area contributed by atoms with Gasteiger partial charge in [-0.05, 0) is 24.6 Å². The second-order valence-corrected chi connectivity index (χ2v) is 14.3. The van der Waals surface area contributed by atoms with Gasteiger partial charge in [-0.15, -0.1) is 0 Å². The molecule has 7 heteroatoms. The third kappa shape index (κ3) is 2.66. The summed E-state index contributed by atoms with van der Waals surface area (Å²) >= 11 is 0. The molecule has 0 radical (unpaired) electrons. The molecule has 1 spiro atoms. The Kier molecular flexibility index (Phi) is 4.99. The number of fused-ring (bicyclic) bond motifs is 2. The van der Waals surface area contributed by atoms with Gasteiger partial charge in [0.05, 0.1) is 24.7 Å². The van der Waals surface area contributed by atoms with E-state index < -0.39 is 31.4 Å². The summed E-state index contributed by atoms with van der Waals surface area (Å²) in [5.41, 5.74) is -1.80. The molecule has 3 fully saturated rings. The lowest BCUT2D eigenvalue weighted by Gasteiger charge is -2.57. The Morgan fingerprint density at radius 1 is 1.19 bits per heavy atom. The van der Waals surface area contributed by atoms with Crippen LogP contribution in [0.2, 0.25) is 18.1 Å². The van der Waals surface area contributed by atoms with E-state index in [0.29, 0.717) is 32.5 Å². The van der Waals surface area contributed by atoms with Gasteiger partial charge < -0.3 is 23.4 Å². The van der Waals surface area contributed by atoms with Crippen molar-refractivity contribution in [1.82, 2.24) is 0 Å². The summed E-state index contributed by atoms with van der Waals surface area (Å²) in [5, 5.41) is 0.0439. The summed E-state index contributed by atoms with van der Waals surface area (Å²) in [7, 11) is -0.485. The minimum atomic E-state index is -2.09. The molecule has 2 saturated heterocycles. The van der Waals surface area contributed by atoms with Crippen molar-refractivity contribution < 1.29 is 28.2 Å². The van der Waals surface area contributed by atoms with Gasteiger partial charge in [0.1, 0.15) is 0 Å². The summed E-state index contributed by atoms with van der Waals surface area (Å²) in [6.07, 6.45) is 2.02. The van der Waals surface area contributed by atoms with E-state index >= 15 is 0 Å². The number of methoxy groups -OCH3 is 1. The van der Waals surface area contributed by atoms with E-state index in [1.807, 2.05) is 6.92 Å². The molecule has 0 bridgehead atoms. The van der Waals surface area contributed by atoms with Gasteiger partial charge in [0, 0.05) is 20.0 Å². The lowest BCUT2D eigenvalue weighted by molar-refractivity contribution is -0.302. The van der Waals surface area contributed by atoms with Crippen molar-refractivity contribution >= 4 is 14.6 Å². The van der Waals surface area contributed by atoms with Crippen molar-refractivity contribution in [3.05, 3.63) is 0 Å². The van der Waals surface area contributed by atoms with Crippen molar-refractivity contribution in [3.63, 3.8) is 0 Å². The fourth-order valence-electron chi connectivity index (χ4n) is 4.54. The van der Waals surface area contributed by atoms with Crippen LogP contribution < -0.4 is 0 Å². The van der Waals surface area contributed by atoms with Gasteiger partial charge >= 0.3 is 0 Å². The van der Waals surface area contributed by atoms with Crippen LogP contribution in [0.15, 0.2) is 0 Å². The average Bonchev–Trinajstić information content (AvgIpc) is 3.14. The number of carbonyl (C=O) groups excluding carboxylic acids is 1. The van der Waals surface area contributed by atoms with E-state index in [1.54, 1.807) is 7.11 Å². The summed E-state index contributed by atoms with van der Waals surface area (Å²) < 4.78 is 30.7. The van der Waals surface area contributed by atoms with Gasteiger partial charge in [0.25, 0.3) is 0 Å². The van der Waals surface area contributed by atoms with Crippen LogP contribution in [0.25, 0.3) is 0 Å². The Hall–Kier alpha value is -0.313. The van der Waals surface area contributed by atoms with Crippen LogP contribution in [0.5, 0.6) is 0 Å². The lowest BCUT2D eigenvalue weighted by atomic mass is 9.59. The van der Waals surface area contributed by atoms with Gasteiger partial charge in [-0.25, -0.2) is 0 Å². The maximum atomic E-state index is 12.6. The highest BCUT2D eigenvalue weighted by atomic mass is 28.4. The maximum Gasteiger partial charge on any atom is 0.192 e. The molecule has 6 nitrogen and oxygen atoms in total. The largest absolute Gasteiger partial charge is 0.410 e. The van der Waals surface area contributed by atoms with Crippen LogP contribution in [0.4, 0.5) is 0 Å². The molecule has 0 aromatic heterocycles. The van der Waals surface area contributed by atoms with Crippen LogP contribution >= 0.6 is 0 Å². The van der Waals surface area contributed by atoms with Gasteiger partial charge in [0.15, 0.2) is 32.3 Å². The van der Waals surface area contributed by atoms with E-state index in [4.69, 9.17) is 23.4 Å². The SMILES string of the molecule is CO[C@H]1C[C@]2(C)C3(CC[C@@H](O[Si](C)(C)C(C)(C)C)[C@]2(C=O)O1)OCCO3. The number of carbonyl (C=O) groups is 1. The summed E-state index contributed by atoms with van der Waals surface area (Å²) in [4.78, 5) is 12.6. The molecule has 0 aromatic carbocycles. The van der Waals surface area contributed by atoms with Gasteiger partial charge in [0.2, 0.25) is 0 Å². The topological polar surface area (TPSA) is 63.2 Å². The smallest absolute Gasteiger partial charge is 0.192 e. The Bertz CT molecular complexity index is 553.